The van der Waals surface area contributed by atoms with Crippen molar-refractivity contribution in [1.82, 2.24) is 9.80 Å². The van der Waals surface area contributed by atoms with E-state index in [4.69, 9.17) is 9.47 Å². The van der Waals surface area contributed by atoms with Gasteiger partial charge in [0, 0.05) is 24.5 Å². The molecule has 8 nitrogen and oxygen atoms in total. The predicted molar refractivity (Wildman–Crippen MR) is 122 cm³/mol. The second-order valence-corrected chi connectivity index (χ2v) is 9.77. The third kappa shape index (κ3) is 4.15. The van der Waals surface area contributed by atoms with Crippen molar-refractivity contribution in [2.75, 3.05) is 32.8 Å². The van der Waals surface area contributed by atoms with Crippen molar-refractivity contribution in [1.29, 1.82) is 0 Å². The number of halogens is 1. The quantitative estimate of drug-likeness (QED) is 0.185. The minimum Gasteiger partial charge on any atom is -0.465 e. The monoisotopic (exact) mass is 512 g/mol. The summed E-state index contributed by atoms with van der Waals surface area (Å²) >= 11 is 3.61. The van der Waals surface area contributed by atoms with Crippen LogP contribution in [0.2, 0.25) is 0 Å². The minimum atomic E-state index is -1.13. The standard InChI is InChI=1S/C23H33BrN2O6/c1-4-7-10-25(9-6-3)21(29)19-23-14-15(24)18(32-23)16(22(30)31-13-8-5-2)17(23)20(28)26(19)11-12-27/h5-6,15-19,27H,2-4,7-14H2,1H3/t15?,16-,17-,18-,19?,23?/m0/s1. The Balaban J connectivity index is 1.97. The maximum absolute atomic E-state index is 13.8. The first-order chi connectivity index (χ1) is 15.4. The third-order valence-corrected chi connectivity index (χ3v) is 7.49. The number of hydrogen-bond donors (Lipinski definition) is 1. The lowest BCUT2D eigenvalue weighted by atomic mass is 9.70. The number of carbonyl (C=O) groups is 3. The molecule has 3 heterocycles. The van der Waals surface area contributed by atoms with Gasteiger partial charge in [-0.1, -0.05) is 41.4 Å². The maximum Gasteiger partial charge on any atom is 0.312 e. The van der Waals surface area contributed by atoms with E-state index in [9.17, 15) is 19.5 Å². The van der Waals surface area contributed by atoms with E-state index in [1.807, 2.05) is 6.92 Å². The molecule has 1 N–H and O–H groups in total. The molecule has 0 aromatic heterocycles. The van der Waals surface area contributed by atoms with Gasteiger partial charge in [-0.15, -0.1) is 13.2 Å². The number of likely N-dealkylation sites (tertiary alicyclic amines) is 1. The fourth-order valence-electron chi connectivity index (χ4n) is 5.33. The van der Waals surface area contributed by atoms with Crippen LogP contribution in [-0.4, -0.2) is 88.1 Å². The van der Waals surface area contributed by atoms with Gasteiger partial charge in [-0.2, -0.15) is 0 Å². The van der Waals surface area contributed by atoms with Gasteiger partial charge >= 0.3 is 5.97 Å². The molecule has 32 heavy (non-hydrogen) atoms. The molecule has 3 aliphatic heterocycles. The molecule has 3 unspecified atom stereocenters. The predicted octanol–water partition coefficient (Wildman–Crippen LogP) is 1.66. The molecule has 2 amide bonds. The molecule has 0 aromatic carbocycles. The highest BCUT2D eigenvalue weighted by Crippen LogP contribution is 2.60. The lowest BCUT2D eigenvalue weighted by Crippen LogP contribution is -2.57. The summed E-state index contributed by atoms with van der Waals surface area (Å²) in [6.45, 7) is 10.2. The van der Waals surface area contributed by atoms with Gasteiger partial charge in [-0.25, -0.2) is 0 Å². The van der Waals surface area contributed by atoms with E-state index in [1.54, 1.807) is 17.1 Å². The zero-order valence-electron chi connectivity index (χ0n) is 18.6. The Morgan fingerprint density at radius 2 is 2.16 bits per heavy atom. The van der Waals surface area contributed by atoms with Crippen LogP contribution in [-0.2, 0) is 23.9 Å². The number of alkyl halides is 1. The van der Waals surface area contributed by atoms with Crippen LogP contribution in [0.5, 0.6) is 0 Å². The van der Waals surface area contributed by atoms with Crippen molar-refractivity contribution >= 4 is 33.7 Å². The fourth-order valence-corrected chi connectivity index (χ4v) is 6.28. The largest absolute Gasteiger partial charge is 0.465 e. The number of aliphatic hydroxyl groups excluding tert-OH is 1. The molecule has 3 rings (SSSR count). The van der Waals surface area contributed by atoms with Crippen molar-refractivity contribution in [3.05, 3.63) is 25.3 Å². The second-order valence-electron chi connectivity index (χ2n) is 8.59. The number of β-amino-alcohol motifs (C(OH)–C–C–N with tert-alkyl or cyclic N) is 1. The lowest BCUT2D eigenvalue weighted by Gasteiger charge is -2.37. The fraction of sp³-hybridized carbons (Fsp3) is 0.696. The summed E-state index contributed by atoms with van der Waals surface area (Å²) in [5.41, 5.74) is -1.13. The summed E-state index contributed by atoms with van der Waals surface area (Å²) in [7, 11) is 0. The summed E-state index contributed by atoms with van der Waals surface area (Å²) < 4.78 is 11.8. The molecular weight excluding hydrogens is 480 g/mol. The summed E-state index contributed by atoms with van der Waals surface area (Å²) in [6, 6.07) is -0.903. The number of unbranched alkanes of at least 4 members (excludes halogenated alkanes) is 1. The number of hydrogen-bond acceptors (Lipinski definition) is 6. The number of esters is 1. The zero-order chi connectivity index (χ0) is 23.5. The van der Waals surface area contributed by atoms with Gasteiger partial charge < -0.3 is 24.4 Å². The molecule has 6 atom stereocenters. The maximum atomic E-state index is 13.8. The molecule has 3 aliphatic rings. The van der Waals surface area contributed by atoms with Gasteiger partial charge in [0.2, 0.25) is 11.8 Å². The van der Waals surface area contributed by atoms with Gasteiger partial charge in [0.05, 0.1) is 31.2 Å². The first-order valence-corrected chi connectivity index (χ1v) is 12.2. The molecule has 178 valence electrons. The van der Waals surface area contributed by atoms with Gasteiger partial charge in [0.1, 0.15) is 11.6 Å². The highest BCUT2D eigenvalue weighted by atomic mass is 79.9. The highest BCUT2D eigenvalue weighted by molar-refractivity contribution is 9.09. The number of fused-ring (bicyclic) bond motifs is 1. The van der Waals surface area contributed by atoms with E-state index in [0.29, 0.717) is 25.9 Å². The Morgan fingerprint density at radius 1 is 1.41 bits per heavy atom. The van der Waals surface area contributed by atoms with Gasteiger partial charge in [-0.3, -0.25) is 14.4 Å². The number of rotatable bonds is 12. The van der Waals surface area contributed by atoms with Crippen LogP contribution in [0.25, 0.3) is 0 Å². The highest BCUT2D eigenvalue weighted by Gasteiger charge is 2.77. The minimum absolute atomic E-state index is 0.00239. The number of ether oxygens (including phenoxy) is 2. The zero-order valence-corrected chi connectivity index (χ0v) is 20.2. The van der Waals surface area contributed by atoms with E-state index in [2.05, 4.69) is 29.1 Å². The van der Waals surface area contributed by atoms with Crippen LogP contribution in [0.1, 0.15) is 32.6 Å². The molecule has 0 saturated carbocycles. The Labute approximate surface area is 197 Å². The lowest BCUT2D eigenvalue weighted by molar-refractivity contribution is -0.155. The first-order valence-electron chi connectivity index (χ1n) is 11.3. The SMILES string of the molecule is C=CCCOC(=O)[C@H]1[C@H]2C(=O)N(CCO)C(C(=O)N(CC=C)CCCC)C23CC(Br)[C@@H]1O3. The first kappa shape index (κ1) is 24.9. The summed E-state index contributed by atoms with van der Waals surface area (Å²) in [5.74, 6) is -2.67. The number of carbonyl (C=O) groups excluding carboxylic acids is 3. The van der Waals surface area contributed by atoms with Crippen LogP contribution in [0, 0.1) is 11.8 Å². The summed E-state index contributed by atoms with van der Waals surface area (Å²) in [4.78, 5) is 43.2. The normalized spacial score (nSPS) is 32.7. The van der Waals surface area contributed by atoms with Gasteiger partial charge in [-0.05, 0) is 19.3 Å². The van der Waals surface area contributed by atoms with Crippen molar-refractivity contribution < 1.29 is 29.0 Å². The van der Waals surface area contributed by atoms with E-state index < -0.39 is 35.6 Å². The van der Waals surface area contributed by atoms with Crippen LogP contribution in [0.4, 0.5) is 0 Å². The van der Waals surface area contributed by atoms with Crippen molar-refractivity contribution in [2.24, 2.45) is 11.8 Å². The second kappa shape index (κ2) is 10.5. The molecule has 0 aliphatic carbocycles. The summed E-state index contributed by atoms with van der Waals surface area (Å²) in [5, 5.41) is 9.64. The van der Waals surface area contributed by atoms with Crippen molar-refractivity contribution in [2.45, 2.75) is 55.2 Å². The van der Waals surface area contributed by atoms with Crippen LogP contribution < -0.4 is 0 Å². The molecular formula is C23H33BrN2O6. The molecule has 3 fully saturated rings. The van der Waals surface area contributed by atoms with E-state index in [0.717, 1.165) is 12.8 Å². The third-order valence-electron chi connectivity index (χ3n) is 6.65. The smallest absolute Gasteiger partial charge is 0.312 e. The van der Waals surface area contributed by atoms with Crippen molar-refractivity contribution in [3.63, 3.8) is 0 Å². The molecule has 1 spiro atoms. The average Bonchev–Trinajstić information content (AvgIpc) is 3.35. The summed E-state index contributed by atoms with van der Waals surface area (Å²) in [6.07, 6.45) is 5.45. The molecule has 0 radical (unpaired) electrons. The van der Waals surface area contributed by atoms with E-state index in [1.165, 1.54) is 4.90 Å². The number of aliphatic hydroxyl groups is 1. The molecule has 3 saturated heterocycles. The number of amides is 2. The van der Waals surface area contributed by atoms with Gasteiger partial charge in [0.15, 0.2) is 0 Å². The van der Waals surface area contributed by atoms with Crippen LogP contribution >= 0.6 is 15.9 Å². The van der Waals surface area contributed by atoms with E-state index in [-0.39, 0.29) is 36.4 Å². The van der Waals surface area contributed by atoms with Gasteiger partial charge in [0.25, 0.3) is 0 Å². The number of nitrogens with zero attached hydrogens (tertiary/aromatic N) is 2. The van der Waals surface area contributed by atoms with Crippen molar-refractivity contribution in [3.8, 4) is 0 Å². The van der Waals surface area contributed by atoms with Crippen LogP contribution in [0.3, 0.4) is 0 Å². The topological polar surface area (TPSA) is 96.4 Å². The van der Waals surface area contributed by atoms with E-state index >= 15 is 0 Å². The molecule has 2 bridgehead atoms. The Morgan fingerprint density at radius 3 is 2.78 bits per heavy atom. The Bertz CT molecular complexity index is 761. The molecule has 9 heteroatoms. The van der Waals surface area contributed by atoms with Crippen LogP contribution in [0.15, 0.2) is 25.3 Å². The Kier molecular flexibility index (Phi) is 8.16. The average molecular weight is 513 g/mol. The Hall–Kier alpha value is -1.71. The molecule has 0 aromatic rings.